The number of carbonyl (C=O) groups is 1. The van der Waals surface area contributed by atoms with Gasteiger partial charge in [-0.15, -0.1) is 0 Å². The molecule has 5 nitrogen and oxygen atoms in total. The Balaban J connectivity index is 2.31. The molecule has 0 saturated carbocycles. The average Bonchev–Trinajstić information content (AvgIpc) is 2.52. The number of nitrogens with one attached hydrogen (secondary N) is 1. The molecular formula is C8H15N3O2S. The molecule has 0 unspecified atom stereocenters. The number of carboxylic acid groups (broad SMARTS) is 1. The first-order valence-electron chi connectivity index (χ1n) is 4.63. The van der Waals surface area contributed by atoms with Gasteiger partial charge in [0, 0.05) is 12.3 Å². The minimum Gasteiger partial charge on any atom is -0.480 e. The highest BCUT2D eigenvalue weighted by Crippen LogP contribution is 2.04. The first-order chi connectivity index (χ1) is 6.74. The molecule has 0 bridgehead atoms. The van der Waals surface area contributed by atoms with E-state index >= 15 is 0 Å². The van der Waals surface area contributed by atoms with Crippen LogP contribution in [0.2, 0.25) is 0 Å². The van der Waals surface area contributed by atoms with Crippen molar-refractivity contribution in [1.82, 2.24) is 9.62 Å². The molecule has 0 atom stereocenters. The van der Waals surface area contributed by atoms with Crippen molar-refractivity contribution in [1.29, 1.82) is 0 Å². The van der Waals surface area contributed by atoms with Crippen LogP contribution in [0, 0.1) is 0 Å². The lowest BCUT2D eigenvalue weighted by Gasteiger charge is -2.17. The summed E-state index contributed by atoms with van der Waals surface area (Å²) in [6.45, 7) is 3.50. The van der Waals surface area contributed by atoms with Crippen LogP contribution in [0.3, 0.4) is 0 Å². The lowest BCUT2D eigenvalue weighted by atomic mass is 10.5. The molecule has 0 fully saturated rings. The Kier molecular flexibility index (Phi) is 4.58. The Bertz CT molecular complexity index is 233. The topological polar surface area (TPSA) is 64.9 Å². The van der Waals surface area contributed by atoms with Crippen molar-refractivity contribution in [3.8, 4) is 0 Å². The van der Waals surface area contributed by atoms with Gasteiger partial charge in [0.25, 0.3) is 0 Å². The zero-order valence-corrected chi connectivity index (χ0v) is 9.01. The third kappa shape index (κ3) is 3.45. The first kappa shape index (κ1) is 11.2. The van der Waals surface area contributed by atoms with Gasteiger partial charge >= 0.3 is 5.97 Å². The van der Waals surface area contributed by atoms with Crippen LogP contribution in [0.1, 0.15) is 13.3 Å². The normalized spacial score (nSPS) is 15.5. The summed E-state index contributed by atoms with van der Waals surface area (Å²) in [4.78, 5) is 16.4. The smallest absolute Gasteiger partial charge is 0.323 e. The molecule has 0 amide bonds. The molecule has 0 aliphatic carbocycles. The molecule has 0 aromatic rings. The van der Waals surface area contributed by atoms with Crippen LogP contribution in [-0.2, 0) is 4.79 Å². The van der Waals surface area contributed by atoms with Crippen molar-refractivity contribution in [2.75, 3.05) is 25.4 Å². The van der Waals surface area contributed by atoms with Gasteiger partial charge in [0.15, 0.2) is 0 Å². The highest BCUT2D eigenvalue weighted by atomic mass is 32.2. The summed E-state index contributed by atoms with van der Waals surface area (Å²) in [5.41, 5.74) is 0. The first-order valence-corrected chi connectivity index (χ1v) is 5.61. The molecule has 1 aliphatic heterocycles. The van der Waals surface area contributed by atoms with E-state index in [1.165, 1.54) is 0 Å². The lowest BCUT2D eigenvalue weighted by Crippen LogP contribution is -2.38. The van der Waals surface area contributed by atoms with Gasteiger partial charge in [-0.2, -0.15) is 0 Å². The van der Waals surface area contributed by atoms with Gasteiger partial charge in [-0.3, -0.25) is 9.79 Å². The standard InChI is InChI=1S/C8H15N3O2S/c1-2-5-14-10-8-9-3-4-11(8)6-7(12)13/h2-6H2,1H3,(H,9,10)(H,12,13). The second kappa shape index (κ2) is 5.74. The van der Waals surface area contributed by atoms with Crippen LogP contribution in [0.5, 0.6) is 0 Å². The minimum absolute atomic E-state index is 0.0263. The molecule has 1 rings (SSSR count). The van der Waals surface area contributed by atoms with Crippen molar-refractivity contribution in [2.24, 2.45) is 4.99 Å². The monoisotopic (exact) mass is 217 g/mol. The Morgan fingerprint density at radius 3 is 3.21 bits per heavy atom. The van der Waals surface area contributed by atoms with E-state index in [0.29, 0.717) is 19.0 Å². The van der Waals surface area contributed by atoms with Gasteiger partial charge in [-0.05, 0) is 6.42 Å². The fourth-order valence-electron chi connectivity index (χ4n) is 1.11. The van der Waals surface area contributed by atoms with Crippen LogP contribution in [0.15, 0.2) is 4.99 Å². The highest BCUT2D eigenvalue weighted by molar-refractivity contribution is 7.97. The maximum atomic E-state index is 10.5. The molecule has 0 saturated heterocycles. The molecule has 14 heavy (non-hydrogen) atoms. The summed E-state index contributed by atoms with van der Waals surface area (Å²) in [6.07, 6.45) is 1.09. The SMILES string of the molecule is CCCSNC1=NCCN1CC(=O)O. The lowest BCUT2D eigenvalue weighted by molar-refractivity contribution is -0.137. The molecule has 0 aromatic heterocycles. The number of carboxylic acids is 1. The van der Waals surface area contributed by atoms with E-state index in [1.807, 2.05) is 0 Å². The van der Waals surface area contributed by atoms with Crippen LogP contribution in [0.25, 0.3) is 0 Å². The zero-order chi connectivity index (χ0) is 10.4. The number of aliphatic carboxylic acids is 1. The number of rotatable bonds is 5. The summed E-state index contributed by atoms with van der Waals surface area (Å²) < 4.78 is 3.07. The Labute approximate surface area is 87.7 Å². The minimum atomic E-state index is -0.818. The molecule has 0 spiro atoms. The fourth-order valence-corrected chi connectivity index (χ4v) is 1.74. The van der Waals surface area contributed by atoms with E-state index in [9.17, 15) is 4.79 Å². The molecule has 6 heteroatoms. The van der Waals surface area contributed by atoms with Crippen molar-refractivity contribution >= 4 is 23.9 Å². The summed E-state index contributed by atoms with van der Waals surface area (Å²) in [6, 6.07) is 0. The molecule has 2 N–H and O–H groups in total. The number of aliphatic imine (C=N–C) groups is 1. The maximum Gasteiger partial charge on any atom is 0.323 e. The van der Waals surface area contributed by atoms with Crippen LogP contribution in [0.4, 0.5) is 0 Å². The molecule has 1 aliphatic rings. The highest BCUT2D eigenvalue weighted by Gasteiger charge is 2.18. The third-order valence-corrected chi connectivity index (χ3v) is 2.67. The second-order valence-corrected chi connectivity index (χ2v) is 3.87. The third-order valence-electron chi connectivity index (χ3n) is 1.73. The zero-order valence-electron chi connectivity index (χ0n) is 8.19. The van der Waals surface area contributed by atoms with Gasteiger partial charge in [-0.1, -0.05) is 18.9 Å². The number of nitrogens with zero attached hydrogens (tertiary/aromatic N) is 2. The summed E-state index contributed by atoms with van der Waals surface area (Å²) >= 11 is 1.57. The summed E-state index contributed by atoms with van der Waals surface area (Å²) in [7, 11) is 0. The Morgan fingerprint density at radius 2 is 2.57 bits per heavy atom. The van der Waals surface area contributed by atoms with Gasteiger partial charge in [-0.25, -0.2) is 0 Å². The van der Waals surface area contributed by atoms with Crippen molar-refractivity contribution in [2.45, 2.75) is 13.3 Å². The second-order valence-electron chi connectivity index (χ2n) is 2.97. The number of hydrogen-bond donors (Lipinski definition) is 2. The predicted octanol–water partition coefficient (Wildman–Crippen LogP) is 0.390. The largest absolute Gasteiger partial charge is 0.480 e. The van der Waals surface area contributed by atoms with E-state index < -0.39 is 5.97 Å². The summed E-state index contributed by atoms with van der Waals surface area (Å²) in [5.74, 6) is 0.882. The molecular weight excluding hydrogens is 202 g/mol. The van der Waals surface area contributed by atoms with Crippen molar-refractivity contribution in [3.05, 3.63) is 0 Å². The van der Waals surface area contributed by atoms with Gasteiger partial charge in [0.05, 0.1) is 6.54 Å². The molecule has 80 valence electrons. The summed E-state index contributed by atoms with van der Waals surface area (Å²) in [5, 5.41) is 8.63. The Morgan fingerprint density at radius 1 is 1.79 bits per heavy atom. The van der Waals surface area contributed by atoms with Gasteiger partial charge in [0.2, 0.25) is 5.96 Å². The van der Waals surface area contributed by atoms with Crippen molar-refractivity contribution < 1.29 is 9.90 Å². The van der Waals surface area contributed by atoms with Gasteiger partial charge in [0.1, 0.15) is 6.54 Å². The Hall–Kier alpha value is -0.910. The van der Waals surface area contributed by atoms with Crippen LogP contribution >= 0.6 is 11.9 Å². The van der Waals surface area contributed by atoms with E-state index in [2.05, 4.69) is 16.6 Å². The molecule has 1 heterocycles. The number of hydrogen-bond acceptors (Lipinski definition) is 5. The predicted molar refractivity (Wildman–Crippen MR) is 57.4 cm³/mol. The fraction of sp³-hybridized carbons (Fsp3) is 0.750. The van der Waals surface area contributed by atoms with E-state index in [-0.39, 0.29) is 6.54 Å². The van der Waals surface area contributed by atoms with E-state index in [1.54, 1.807) is 16.8 Å². The molecule has 0 aromatic carbocycles. The van der Waals surface area contributed by atoms with Gasteiger partial charge < -0.3 is 14.7 Å². The van der Waals surface area contributed by atoms with E-state index in [4.69, 9.17) is 5.11 Å². The van der Waals surface area contributed by atoms with Crippen molar-refractivity contribution in [3.63, 3.8) is 0 Å². The maximum absolute atomic E-state index is 10.5. The van der Waals surface area contributed by atoms with Crippen LogP contribution in [-0.4, -0.2) is 47.3 Å². The quantitative estimate of drug-likeness (QED) is 0.515. The van der Waals surface area contributed by atoms with E-state index in [0.717, 1.165) is 12.2 Å². The number of guanidine groups is 1. The van der Waals surface area contributed by atoms with Crippen LogP contribution < -0.4 is 4.72 Å². The molecule has 0 radical (unpaired) electrons. The average molecular weight is 217 g/mol.